The Balaban J connectivity index is 1.84. The number of carbonyl (C=O) groups is 1. The number of carbonyl (C=O) groups excluding carboxylic acids is 1. The fraction of sp³-hybridized carbons (Fsp3) is 0.364. The number of rotatable bonds is 8. The van der Waals surface area contributed by atoms with Crippen molar-refractivity contribution in [3.8, 4) is 0 Å². The molecule has 0 aliphatic carbocycles. The summed E-state index contributed by atoms with van der Waals surface area (Å²) in [6.45, 7) is 6.74. The highest BCUT2D eigenvalue weighted by molar-refractivity contribution is 7.22. The molecule has 176 valence electrons. The number of nitrogens with one attached hydrogen (secondary N) is 1. The second kappa shape index (κ2) is 10.5. The number of amidine groups is 1. The van der Waals surface area contributed by atoms with Gasteiger partial charge in [-0.2, -0.15) is 5.10 Å². The van der Waals surface area contributed by atoms with Crippen molar-refractivity contribution in [3.05, 3.63) is 47.4 Å². The molecule has 0 spiro atoms. The van der Waals surface area contributed by atoms with E-state index in [1.807, 2.05) is 25.8 Å². The Hall–Kier alpha value is -3.31. The first-order chi connectivity index (χ1) is 15.7. The number of anilines is 2. The van der Waals surface area contributed by atoms with Crippen molar-refractivity contribution in [2.24, 2.45) is 16.8 Å². The quantitative estimate of drug-likeness (QED) is 0.198. The van der Waals surface area contributed by atoms with E-state index in [0.29, 0.717) is 11.2 Å². The van der Waals surface area contributed by atoms with Gasteiger partial charge in [0.15, 0.2) is 11.0 Å². The number of aromatic nitrogens is 2. The van der Waals surface area contributed by atoms with Crippen LogP contribution in [0.15, 0.2) is 35.4 Å². The molecule has 0 atom stereocenters. The van der Waals surface area contributed by atoms with Crippen molar-refractivity contribution in [3.63, 3.8) is 0 Å². The van der Waals surface area contributed by atoms with Crippen LogP contribution in [0.5, 0.6) is 0 Å². The van der Waals surface area contributed by atoms with E-state index in [4.69, 9.17) is 11.7 Å². The predicted molar refractivity (Wildman–Crippen MR) is 132 cm³/mol. The van der Waals surface area contributed by atoms with Gasteiger partial charge in [-0.1, -0.05) is 30.7 Å². The van der Waals surface area contributed by atoms with Crippen molar-refractivity contribution >= 4 is 44.2 Å². The molecule has 0 aliphatic heterocycles. The van der Waals surface area contributed by atoms with Gasteiger partial charge in [-0.05, 0) is 38.5 Å². The number of hydrogen-bond donors (Lipinski definition) is 3. The largest absolute Gasteiger partial charge is 0.351 e. The zero-order valence-electron chi connectivity index (χ0n) is 19.2. The van der Waals surface area contributed by atoms with Gasteiger partial charge in [0.2, 0.25) is 0 Å². The Labute approximate surface area is 196 Å². The molecule has 3 rings (SSSR count). The van der Waals surface area contributed by atoms with Gasteiger partial charge < -0.3 is 16.1 Å². The van der Waals surface area contributed by atoms with Crippen molar-refractivity contribution in [2.45, 2.75) is 39.7 Å². The third-order valence-corrected chi connectivity index (χ3v) is 6.16. The number of fused-ring (bicyclic) bond motifs is 1. The van der Waals surface area contributed by atoms with Gasteiger partial charge in [0, 0.05) is 25.7 Å². The lowest BCUT2D eigenvalue weighted by atomic mass is 10.2. The Morgan fingerprint density at radius 2 is 2.06 bits per heavy atom. The summed E-state index contributed by atoms with van der Waals surface area (Å²) in [5.74, 6) is 10.7. The van der Waals surface area contributed by atoms with E-state index >= 15 is 0 Å². The molecule has 0 radical (unpaired) electrons. The first-order valence-electron chi connectivity index (χ1n) is 10.7. The summed E-state index contributed by atoms with van der Waals surface area (Å²) in [6.07, 6.45) is 2.11. The van der Waals surface area contributed by atoms with Crippen LogP contribution in [0.1, 0.15) is 49.7 Å². The molecular formula is C22H29FN8OS. The maximum atomic E-state index is 14.8. The van der Waals surface area contributed by atoms with E-state index in [0.717, 1.165) is 29.2 Å². The number of unbranched alkanes of at least 4 members (excludes halogenated alkanes) is 1. The molecule has 33 heavy (non-hydrogen) atoms. The monoisotopic (exact) mass is 472 g/mol. The van der Waals surface area contributed by atoms with Crippen LogP contribution < -0.4 is 21.9 Å². The minimum atomic E-state index is -0.652. The average Bonchev–Trinajstić information content (AvgIpc) is 3.20. The number of amides is 1. The standard InChI is InChI=1S/C22H29FN8OS/c1-5-6-10-30(4)22-27-17-12-15(23)14(11-18(17)33-22)21(32)28-19-9-7-8-16(26-19)20(29-24)31(25)13(2)3/h7-9,11-13H,5-6,10,24-25H2,1-4H3,(H,26,28,32)/b29-20-. The van der Waals surface area contributed by atoms with Crippen LogP contribution in [-0.2, 0) is 0 Å². The first-order valence-corrected chi connectivity index (χ1v) is 11.5. The summed E-state index contributed by atoms with van der Waals surface area (Å²) in [5, 5.41) is 8.51. The molecule has 9 nitrogen and oxygen atoms in total. The lowest BCUT2D eigenvalue weighted by molar-refractivity contribution is 0.102. The zero-order chi connectivity index (χ0) is 24.1. The van der Waals surface area contributed by atoms with Crippen LogP contribution in [0.25, 0.3) is 10.2 Å². The molecule has 0 fully saturated rings. The number of halogens is 1. The molecule has 5 N–H and O–H groups in total. The number of hydrazone groups is 1. The number of pyridine rings is 1. The van der Waals surface area contributed by atoms with Crippen molar-refractivity contribution in [1.82, 2.24) is 15.0 Å². The summed E-state index contributed by atoms with van der Waals surface area (Å²) in [6, 6.07) is 7.68. The fourth-order valence-electron chi connectivity index (χ4n) is 3.09. The smallest absolute Gasteiger partial charge is 0.259 e. The third-order valence-electron chi connectivity index (χ3n) is 5.03. The molecule has 0 saturated heterocycles. The second-order valence-electron chi connectivity index (χ2n) is 7.89. The molecule has 0 aliphatic rings. The molecular weight excluding hydrogens is 443 g/mol. The summed E-state index contributed by atoms with van der Waals surface area (Å²) in [5.41, 5.74) is 0.814. The highest BCUT2D eigenvalue weighted by Crippen LogP contribution is 2.30. The first kappa shape index (κ1) is 24.3. The van der Waals surface area contributed by atoms with Crippen LogP contribution in [-0.4, -0.2) is 46.4 Å². The molecule has 0 unspecified atom stereocenters. The van der Waals surface area contributed by atoms with E-state index in [1.54, 1.807) is 18.2 Å². The lowest BCUT2D eigenvalue weighted by Crippen LogP contribution is -2.44. The van der Waals surface area contributed by atoms with Crippen LogP contribution >= 0.6 is 11.3 Å². The number of hydrazine groups is 1. The molecule has 1 aromatic carbocycles. The predicted octanol–water partition coefficient (Wildman–Crippen LogP) is 3.52. The van der Waals surface area contributed by atoms with E-state index in [1.165, 1.54) is 28.5 Å². The number of thiazole rings is 1. The van der Waals surface area contributed by atoms with Crippen LogP contribution in [0.3, 0.4) is 0 Å². The minimum Gasteiger partial charge on any atom is -0.351 e. The van der Waals surface area contributed by atoms with Gasteiger partial charge >= 0.3 is 0 Å². The zero-order valence-corrected chi connectivity index (χ0v) is 20.0. The molecule has 3 aromatic rings. The topological polar surface area (TPSA) is 126 Å². The highest BCUT2D eigenvalue weighted by Gasteiger charge is 2.19. The molecule has 1 amide bonds. The summed E-state index contributed by atoms with van der Waals surface area (Å²) in [7, 11) is 1.96. The van der Waals surface area contributed by atoms with Crippen LogP contribution in [0.4, 0.5) is 15.3 Å². The molecule has 0 saturated carbocycles. The van der Waals surface area contributed by atoms with Crippen LogP contribution in [0, 0.1) is 5.82 Å². The summed E-state index contributed by atoms with van der Waals surface area (Å²) < 4.78 is 15.5. The molecule has 11 heteroatoms. The third kappa shape index (κ3) is 5.55. The molecule has 2 aromatic heterocycles. The molecule has 2 heterocycles. The Morgan fingerprint density at radius 1 is 1.30 bits per heavy atom. The molecule has 0 bridgehead atoms. The Morgan fingerprint density at radius 3 is 2.73 bits per heavy atom. The second-order valence-corrected chi connectivity index (χ2v) is 8.90. The average molecular weight is 473 g/mol. The fourth-order valence-corrected chi connectivity index (χ4v) is 4.06. The Bertz CT molecular complexity index is 1160. The number of nitrogens with two attached hydrogens (primary N) is 2. The van der Waals surface area contributed by atoms with E-state index in [9.17, 15) is 9.18 Å². The van der Waals surface area contributed by atoms with Gasteiger partial charge in [-0.3, -0.25) is 9.80 Å². The number of hydrogen-bond acceptors (Lipinski definition) is 8. The summed E-state index contributed by atoms with van der Waals surface area (Å²) >= 11 is 1.42. The Kier molecular flexibility index (Phi) is 7.77. The van der Waals surface area contributed by atoms with Crippen molar-refractivity contribution in [2.75, 3.05) is 23.8 Å². The minimum absolute atomic E-state index is 0.0708. The van der Waals surface area contributed by atoms with Gasteiger partial charge in [-0.25, -0.2) is 20.2 Å². The van der Waals surface area contributed by atoms with Crippen molar-refractivity contribution < 1.29 is 9.18 Å². The van der Waals surface area contributed by atoms with Gasteiger partial charge in [0.25, 0.3) is 5.91 Å². The lowest BCUT2D eigenvalue weighted by Gasteiger charge is -2.23. The van der Waals surface area contributed by atoms with Gasteiger partial charge in [0.05, 0.1) is 15.8 Å². The normalized spacial score (nSPS) is 11.8. The van der Waals surface area contributed by atoms with Crippen molar-refractivity contribution in [1.29, 1.82) is 0 Å². The van der Waals surface area contributed by atoms with Gasteiger partial charge in [-0.15, -0.1) is 0 Å². The van der Waals surface area contributed by atoms with E-state index in [2.05, 4.69) is 27.3 Å². The highest BCUT2D eigenvalue weighted by atomic mass is 32.1. The maximum Gasteiger partial charge on any atom is 0.259 e. The maximum absolute atomic E-state index is 14.8. The van der Waals surface area contributed by atoms with Crippen LogP contribution in [0.2, 0.25) is 0 Å². The van der Waals surface area contributed by atoms with E-state index < -0.39 is 11.7 Å². The van der Waals surface area contributed by atoms with E-state index in [-0.39, 0.29) is 23.3 Å². The summed E-state index contributed by atoms with van der Waals surface area (Å²) in [4.78, 5) is 23.7. The van der Waals surface area contributed by atoms with Gasteiger partial charge in [0.1, 0.15) is 17.3 Å². The number of nitrogens with zero attached hydrogens (tertiary/aromatic N) is 5. The number of benzene rings is 1. The SMILES string of the molecule is CCCCN(C)c1nc2cc(F)c(C(=O)Nc3cccc(/C(=N/N)N(N)C(C)C)n3)cc2s1.